The van der Waals surface area contributed by atoms with Gasteiger partial charge >= 0.3 is 0 Å². The second kappa shape index (κ2) is 4.95. The predicted molar refractivity (Wildman–Crippen MR) is 48.8 cm³/mol. The largest absolute Gasteiger partial charge is 0.465 e. The Kier molecular flexibility index (Phi) is 3.84. The summed E-state index contributed by atoms with van der Waals surface area (Å²) in [5.41, 5.74) is 5.33. The number of nitrogens with one attached hydrogen (secondary N) is 1. The van der Waals surface area contributed by atoms with Gasteiger partial charge in [0, 0.05) is 19.5 Å². The van der Waals surface area contributed by atoms with Crippen molar-refractivity contribution in [3.63, 3.8) is 0 Å². The zero-order valence-electron chi connectivity index (χ0n) is 7.47. The van der Waals surface area contributed by atoms with Crippen LogP contribution in [0.5, 0.6) is 0 Å². The van der Waals surface area contributed by atoms with Crippen LogP contribution in [0.2, 0.25) is 0 Å². The van der Waals surface area contributed by atoms with Crippen LogP contribution in [0, 0.1) is 0 Å². The third-order valence-corrected chi connectivity index (χ3v) is 1.69. The summed E-state index contributed by atoms with van der Waals surface area (Å²) in [6.07, 6.45) is 0.955. The SMILES string of the molecule is CCc1ccc(CNCCN)o1. The average Bonchev–Trinajstić information content (AvgIpc) is 2.53. The van der Waals surface area contributed by atoms with Crippen molar-refractivity contribution in [2.75, 3.05) is 13.1 Å². The van der Waals surface area contributed by atoms with Gasteiger partial charge in [0.25, 0.3) is 0 Å². The predicted octanol–water partition coefficient (Wildman–Crippen LogP) is 0.890. The molecule has 3 N–H and O–H groups in total. The lowest BCUT2D eigenvalue weighted by Crippen LogP contribution is -2.21. The molecular formula is C9H16N2O. The van der Waals surface area contributed by atoms with Crippen molar-refractivity contribution in [2.45, 2.75) is 19.9 Å². The van der Waals surface area contributed by atoms with Crippen LogP contribution in [0.4, 0.5) is 0 Å². The first-order valence-corrected chi connectivity index (χ1v) is 4.35. The molecule has 0 aliphatic carbocycles. The molecule has 0 atom stereocenters. The highest BCUT2D eigenvalue weighted by atomic mass is 16.3. The Hall–Kier alpha value is -0.800. The van der Waals surface area contributed by atoms with E-state index < -0.39 is 0 Å². The minimum Gasteiger partial charge on any atom is -0.465 e. The van der Waals surface area contributed by atoms with Gasteiger partial charge in [0.2, 0.25) is 0 Å². The summed E-state index contributed by atoms with van der Waals surface area (Å²) in [6, 6.07) is 4.02. The summed E-state index contributed by atoms with van der Waals surface area (Å²) >= 11 is 0. The van der Waals surface area contributed by atoms with Crippen molar-refractivity contribution in [2.24, 2.45) is 5.73 Å². The molecule has 1 rings (SSSR count). The van der Waals surface area contributed by atoms with Crippen LogP contribution in [0.15, 0.2) is 16.5 Å². The third kappa shape index (κ3) is 2.68. The Balaban J connectivity index is 2.31. The second-order valence-electron chi connectivity index (χ2n) is 2.69. The van der Waals surface area contributed by atoms with E-state index in [1.165, 1.54) is 0 Å². The molecule has 68 valence electrons. The van der Waals surface area contributed by atoms with E-state index in [1.807, 2.05) is 12.1 Å². The summed E-state index contributed by atoms with van der Waals surface area (Å²) in [7, 11) is 0. The fourth-order valence-corrected chi connectivity index (χ4v) is 1.02. The lowest BCUT2D eigenvalue weighted by atomic mass is 10.3. The summed E-state index contributed by atoms with van der Waals surface area (Å²) < 4.78 is 5.48. The fourth-order valence-electron chi connectivity index (χ4n) is 1.02. The summed E-state index contributed by atoms with van der Waals surface area (Å²) in [5, 5.41) is 3.17. The maximum Gasteiger partial charge on any atom is 0.117 e. The summed E-state index contributed by atoms with van der Waals surface area (Å²) in [5.74, 6) is 2.03. The van der Waals surface area contributed by atoms with Crippen molar-refractivity contribution in [1.82, 2.24) is 5.32 Å². The van der Waals surface area contributed by atoms with Crippen LogP contribution in [0.1, 0.15) is 18.4 Å². The molecule has 0 unspecified atom stereocenters. The monoisotopic (exact) mass is 168 g/mol. The Morgan fingerprint density at radius 3 is 2.75 bits per heavy atom. The van der Waals surface area contributed by atoms with Crippen LogP contribution in [-0.4, -0.2) is 13.1 Å². The molecule has 0 fully saturated rings. The van der Waals surface area contributed by atoms with Gasteiger partial charge in [-0.05, 0) is 12.1 Å². The smallest absolute Gasteiger partial charge is 0.117 e. The van der Waals surface area contributed by atoms with Gasteiger partial charge in [-0.15, -0.1) is 0 Å². The first kappa shape index (κ1) is 9.29. The molecule has 0 aliphatic rings. The van der Waals surface area contributed by atoms with Gasteiger partial charge in [0.05, 0.1) is 6.54 Å². The maximum absolute atomic E-state index is 5.48. The van der Waals surface area contributed by atoms with E-state index in [1.54, 1.807) is 0 Å². The molecule has 0 aliphatic heterocycles. The number of nitrogens with two attached hydrogens (primary N) is 1. The van der Waals surface area contributed by atoms with E-state index in [9.17, 15) is 0 Å². The number of hydrogen-bond donors (Lipinski definition) is 2. The van der Waals surface area contributed by atoms with Gasteiger partial charge in [-0.3, -0.25) is 0 Å². The molecule has 0 spiro atoms. The Morgan fingerprint density at radius 2 is 2.17 bits per heavy atom. The highest BCUT2D eigenvalue weighted by Crippen LogP contribution is 2.07. The standard InChI is InChI=1S/C9H16N2O/c1-2-8-3-4-9(12-8)7-11-6-5-10/h3-4,11H,2,5-7,10H2,1H3. The molecular weight excluding hydrogens is 152 g/mol. The van der Waals surface area contributed by atoms with Crippen LogP contribution in [0.3, 0.4) is 0 Å². The lowest BCUT2D eigenvalue weighted by molar-refractivity contribution is 0.452. The maximum atomic E-state index is 5.48. The van der Waals surface area contributed by atoms with Crippen LogP contribution >= 0.6 is 0 Å². The molecule has 0 aromatic carbocycles. The van der Waals surface area contributed by atoms with Gasteiger partial charge in [0.15, 0.2) is 0 Å². The van der Waals surface area contributed by atoms with E-state index in [2.05, 4.69) is 12.2 Å². The van der Waals surface area contributed by atoms with Crippen LogP contribution < -0.4 is 11.1 Å². The number of rotatable bonds is 5. The van der Waals surface area contributed by atoms with Gasteiger partial charge in [-0.2, -0.15) is 0 Å². The highest BCUT2D eigenvalue weighted by Gasteiger charge is 1.98. The zero-order valence-corrected chi connectivity index (χ0v) is 7.47. The Morgan fingerprint density at radius 1 is 1.42 bits per heavy atom. The van der Waals surface area contributed by atoms with Crippen molar-refractivity contribution < 1.29 is 4.42 Å². The van der Waals surface area contributed by atoms with Crippen molar-refractivity contribution >= 4 is 0 Å². The van der Waals surface area contributed by atoms with Crippen molar-refractivity contribution in [1.29, 1.82) is 0 Å². The molecule has 0 amide bonds. The van der Waals surface area contributed by atoms with Crippen molar-refractivity contribution in [3.05, 3.63) is 23.7 Å². The molecule has 3 heteroatoms. The first-order valence-electron chi connectivity index (χ1n) is 4.35. The highest BCUT2D eigenvalue weighted by molar-refractivity contribution is 5.06. The number of aryl methyl sites for hydroxylation is 1. The van der Waals surface area contributed by atoms with Crippen LogP contribution in [-0.2, 0) is 13.0 Å². The quantitative estimate of drug-likeness (QED) is 0.642. The van der Waals surface area contributed by atoms with E-state index in [4.69, 9.17) is 10.2 Å². The summed E-state index contributed by atoms with van der Waals surface area (Å²) in [4.78, 5) is 0. The van der Waals surface area contributed by atoms with E-state index in [0.717, 1.165) is 31.0 Å². The molecule has 3 nitrogen and oxygen atoms in total. The van der Waals surface area contributed by atoms with Gasteiger partial charge < -0.3 is 15.5 Å². The molecule has 0 saturated carbocycles. The van der Waals surface area contributed by atoms with Gasteiger partial charge in [0.1, 0.15) is 11.5 Å². The van der Waals surface area contributed by atoms with E-state index in [-0.39, 0.29) is 0 Å². The molecule has 1 aromatic heterocycles. The number of furan rings is 1. The second-order valence-corrected chi connectivity index (χ2v) is 2.69. The van der Waals surface area contributed by atoms with E-state index in [0.29, 0.717) is 6.54 Å². The minimum atomic E-state index is 0.668. The van der Waals surface area contributed by atoms with Gasteiger partial charge in [-0.25, -0.2) is 0 Å². The van der Waals surface area contributed by atoms with Crippen LogP contribution in [0.25, 0.3) is 0 Å². The molecule has 0 radical (unpaired) electrons. The Bertz CT molecular complexity index is 220. The molecule has 0 bridgehead atoms. The Labute approximate surface area is 72.9 Å². The summed E-state index contributed by atoms with van der Waals surface area (Å²) in [6.45, 7) is 4.36. The average molecular weight is 168 g/mol. The molecule has 0 saturated heterocycles. The minimum absolute atomic E-state index is 0.668. The van der Waals surface area contributed by atoms with E-state index >= 15 is 0 Å². The number of hydrogen-bond acceptors (Lipinski definition) is 3. The lowest BCUT2D eigenvalue weighted by Gasteiger charge is -1.98. The molecule has 1 heterocycles. The topological polar surface area (TPSA) is 51.2 Å². The van der Waals surface area contributed by atoms with Gasteiger partial charge in [-0.1, -0.05) is 6.92 Å². The fraction of sp³-hybridized carbons (Fsp3) is 0.556. The molecule has 1 aromatic rings. The van der Waals surface area contributed by atoms with Crippen molar-refractivity contribution in [3.8, 4) is 0 Å². The third-order valence-electron chi connectivity index (χ3n) is 1.69. The normalized spacial score (nSPS) is 10.5. The molecule has 12 heavy (non-hydrogen) atoms. The first-order chi connectivity index (χ1) is 5.86. The zero-order chi connectivity index (χ0) is 8.81.